The second kappa shape index (κ2) is 24.7. The molecule has 2 fully saturated rings. The average molecular weight is 973 g/mol. The number of fused-ring (bicyclic) bond motifs is 1. The van der Waals surface area contributed by atoms with Crippen LogP contribution in [0.25, 0.3) is 22.2 Å². The van der Waals surface area contributed by atoms with Crippen molar-refractivity contribution in [2.24, 2.45) is 0 Å². The quantitative estimate of drug-likeness (QED) is 0.0691. The molecule has 2 aliphatic carbocycles. The zero-order valence-corrected chi connectivity index (χ0v) is 37.2. The van der Waals surface area contributed by atoms with E-state index < -0.39 is 68.2 Å². The summed E-state index contributed by atoms with van der Waals surface area (Å²) in [6, 6.07) is 3.48. The molecule has 1 aliphatic heterocycles. The lowest BCUT2D eigenvalue weighted by atomic mass is 9.80. The van der Waals surface area contributed by atoms with Crippen molar-refractivity contribution < 1.29 is 77.1 Å². The van der Waals surface area contributed by atoms with E-state index in [2.05, 4.69) is 36.1 Å². The van der Waals surface area contributed by atoms with E-state index in [-0.39, 0.29) is 17.4 Å². The van der Waals surface area contributed by atoms with Crippen LogP contribution < -0.4 is 10.5 Å². The first kappa shape index (κ1) is 54.7. The second-order valence-electron chi connectivity index (χ2n) is 15.2. The number of hydrogen-bond acceptors (Lipinski definition) is 15. The molecule has 3 aromatic rings. The lowest BCUT2D eigenvalue weighted by Crippen LogP contribution is -2.55. The summed E-state index contributed by atoms with van der Waals surface area (Å²) in [7, 11) is -1.82. The number of benzene rings is 1. The Morgan fingerprint density at radius 3 is 1.74 bits per heavy atom. The topological polar surface area (TPSA) is 376 Å². The third-order valence-electron chi connectivity index (χ3n) is 10.4. The molecular weight excluding hydrogens is 924 g/mol. The minimum Gasteiger partial charge on any atom is -0.478 e. The fraction of sp³-hybridized carbons (Fsp3) is 0.333. The summed E-state index contributed by atoms with van der Waals surface area (Å²) in [6.07, 6.45) is 17.2. The van der Waals surface area contributed by atoms with E-state index in [1.54, 1.807) is 6.07 Å². The van der Waals surface area contributed by atoms with E-state index in [1.807, 2.05) is 6.20 Å². The van der Waals surface area contributed by atoms with Gasteiger partial charge in [-0.25, -0.2) is 51.5 Å². The van der Waals surface area contributed by atoms with Crippen LogP contribution in [0.5, 0.6) is 0 Å². The molecule has 3 aliphatic rings. The smallest absolute Gasteiger partial charge is 0.328 e. The highest BCUT2D eigenvalue weighted by Crippen LogP contribution is 2.41. The molecule has 6 rings (SSSR count). The van der Waals surface area contributed by atoms with Gasteiger partial charge in [-0.3, -0.25) is 15.0 Å². The zero-order chi connectivity index (χ0) is 50.9. The Balaban J connectivity index is 0.000000419. The van der Waals surface area contributed by atoms with Gasteiger partial charge in [0.05, 0.1) is 11.6 Å². The zero-order valence-electron chi connectivity index (χ0n) is 36.4. The molecule has 1 saturated heterocycles. The molecule has 1 aromatic carbocycles. The van der Waals surface area contributed by atoms with E-state index in [1.165, 1.54) is 42.8 Å². The lowest BCUT2D eigenvalue weighted by molar-refractivity contribution is -0.520. The summed E-state index contributed by atoms with van der Waals surface area (Å²) >= 11 is 0. The van der Waals surface area contributed by atoms with Gasteiger partial charge in [0, 0.05) is 97.0 Å². The number of carboxylic acid groups (broad SMARTS) is 6. The molecule has 3 heterocycles. The number of likely N-dealkylation sites (N-methyl/N-ethyl adjacent to an activating group) is 1. The van der Waals surface area contributed by atoms with Gasteiger partial charge < -0.3 is 45.8 Å². The standard InChI is InChI=1S/C30H37FN8O4S.3C4H4O4/c1-36-13-15-37(16-14-36)21-7-9-22(10-8-21)38-18-23(27-28(32)33-19-34-29(27)38)20-6-11-24(25(31)17-20)30(35-44(2,42)43)12-4-3-5-26(30)39(40)41;3*5-3(6)1-2-4(7)8/h3-6,11-12,17-19,21-22,26,35H,7-10,13-16H2,1-2H3,(H2,32,33,34);3*1-2H,(H,5,6)(H,7,8)/b;3*2-1-. The number of anilines is 1. The van der Waals surface area contributed by atoms with E-state index in [9.17, 15) is 47.3 Å². The van der Waals surface area contributed by atoms with Crippen LogP contribution in [-0.2, 0) is 44.3 Å². The number of nitro groups is 1. The fourth-order valence-corrected chi connectivity index (χ4v) is 8.42. The molecule has 26 heteroatoms. The molecule has 2 atom stereocenters. The SMILES string of the molecule is CN1CCN(C2CCC(n3cc(-c4ccc(C5(NS(C)(=O)=O)C=CC=CC5[N+](=O)[O-])c(F)c4)c4c(N)ncnc43)CC2)CC1.O=C(O)/C=C\C(=O)O.O=C(O)/C=C\C(=O)O.O=C(O)/C=C\C(=O)O. The Morgan fingerprint density at radius 1 is 0.809 bits per heavy atom. The third-order valence-corrected chi connectivity index (χ3v) is 11.1. The first-order chi connectivity index (χ1) is 31.8. The number of halogens is 1. The first-order valence-corrected chi connectivity index (χ1v) is 22.0. The molecule has 2 aromatic heterocycles. The van der Waals surface area contributed by atoms with Gasteiger partial charge in [0.1, 0.15) is 23.6 Å². The van der Waals surface area contributed by atoms with Crippen LogP contribution >= 0.6 is 0 Å². The Kier molecular flexibility index (Phi) is 19.9. The van der Waals surface area contributed by atoms with E-state index in [0.29, 0.717) is 64.7 Å². The molecule has 1 saturated carbocycles. The number of carboxylic acids is 6. The number of allylic oxidation sites excluding steroid dienone is 2. The van der Waals surface area contributed by atoms with Crippen molar-refractivity contribution in [3.63, 3.8) is 0 Å². The number of nitrogens with zero attached hydrogens (tertiary/aromatic N) is 6. The van der Waals surface area contributed by atoms with Gasteiger partial charge in [-0.1, -0.05) is 30.4 Å². The Hall–Kier alpha value is -7.68. The van der Waals surface area contributed by atoms with Crippen molar-refractivity contribution in [2.75, 3.05) is 45.2 Å². The molecule has 0 radical (unpaired) electrons. The van der Waals surface area contributed by atoms with Crippen LogP contribution in [0.15, 0.2) is 91.5 Å². The summed E-state index contributed by atoms with van der Waals surface area (Å²) in [5.41, 5.74) is 6.03. The van der Waals surface area contributed by atoms with Gasteiger partial charge in [-0.15, -0.1) is 0 Å². The average Bonchev–Trinajstić information content (AvgIpc) is 3.66. The molecule has 2 unspecified atom stereocenters. The minimum absolute atomic E-state index is 0.163. The number of nitrogen functional groups attached to an aromatic ring is 1. The van der Waals surface area contributed by atoms with Crippen LogP contribution in [0.4, 0.5) is 10.2 Å². The largest absolute Gasteiger partial charge is 0.478 e. The van der Waals surface area contributed by atoms with Gasteiger partial charge in [0.2, 0.25) is 10.0 Å². The number of carbonyl (C=O) groups is 6. The number of sulfonamides is 1. The second-order valence-corrected chi connectivity index (χ2v) is 16.9. The van der Waals surface area contributed by atoms with E-state index >= 15 is 4.39 Å². The van der Waals surface area contributed by atoms with Gasteiger partial charge in [0.25, 0.3) is 6.04 Å². The third kappa shape index (κ3) is 16.3. The Morgan fingerprint density at radius 2 is 1.29 bits per heavy atom. The Labute approximate surface area is 386 Å². The van der Waals surface area contributed by atoms with Gasteiger partial charge in [-0.05, 0) is 50.4 Å². The van der Waals surface area contributed by atoms with E-state index in [0.717, 1.165) is 58.1 Å². The lowest BCUT2D eigenvalue weighted by Gasteiger charge is -2.41. The molecule has 24 nitrogen and oxygen atoms in total. The number of hydrogen-bond donors (Lipinski definition) is 8. The fourth-order valence-electron chi connectivity index (χ4n) is 7.51. The predicted octanol–water partition coefficient (Wildman–Crippen LogP) is 2.20. The number of rotatable bonds is 13. The van der Waals surface area contributed by atoms with Crippen LogP contribution in [-0.4, -0.2) is 156 Å². The Bertz CT molecular complexity index is 2500. The number of nitrogens with two attached hydrogens (primary N) is 1. The first-order valence-electron chi connectivity index (χ1n) is 20.1. The maximum Gasteiger partial charge on any atom is 0.328 e. The molecule has 9 N–H and O–H groups in total. The highest BCUT2D eigenvalue weighted by atomic mass is 32.2. The highest BCUT2D eigenvalue weighted by Gasteiger charge is 2.49. The van der Waals surface area contributed by atoms with Crippen molar-refractivity contribution in [3.8, 4) is 11.1 Å². The van der Waals surface area contributed by atoms with Crippen molar-refractivity contribution in [1.82, 2.24) is 29.1 Å². The van der Waals surface area contributed by atoms with Crippen LogP contribution in [0.1, 0.15) is 37.3 Å². The number of aromatic nitrogens is 3. The highest BCUT2D eigenvalue weighted by molar-refractivity contribution is 7.88. The maximum absolute atomic E-state index is 16.1. The molecule has 68 heavy (non-hydrogen) atoms. The van der Waals surface area contributed by atoms with Crippen molar-refractivity contribution in [1.29, 1.82) is 0 Å². The normalized spacial score (nSPS) is 20.7. The minimum atomic E-state index is -3.98. The summed E-state index contributed by atoms with van der Waals surface area (Å²) in [6.45, 7) is 4.34. The number of aliphatic carboxylic acids is 6. The van der Waals surface area contributed by atoms with Crippen LogP contribution in [0.2, 0.25) is 0 Å². The molecule has 0 amide bonds. The van der Waals surface area contributed by atoms with Crippen molar-refractivity contribution in [3.05, 3.63) is 113 Å². The molecule has 0 spiro atoms. The molecular formula is C42H49FN8O16S. The number of piperazine rings is 1. The van der Waals surface area contributed by atoms with Crippen LogP contribution in [0, 0.1) is 15.9 Å². The monoisotopic (exact) mass is 972 g/mol. The number of nitrogens with one attached hydrogen (secondary N) is 1. The summed E-state index contributed by atoms with van der Waals surface area (Å²) in [5, 5.41) is 59.5. The van der Waals surface area contributed by atoms with E-state index in [4.69, 9.17) is 36.4 Å². The maximum atomic E-state index is 16.1. The van der Waals surface area contributed by atoms with Crippen molar-refractivity contribution >= 4 is 62.7 Å². The van der Waals surface area contributed by atoms with Crippen molar-refractivity contribution in [2.45, 2.75) is 49.3 Å². The van der Waals surface area contributed by atoms with Gasteiger partial charge in [0.15, 0.2) is 5.54 Å². The van der Waals surface area contributed by atoms with Gasteiger partial charge in [-0.2, -0.15) is 4.72 Å². The predicted molar refractivity (Wildman–Crippen MR) is 240 cm³/mol. The summed E-state index contributed by atoms with van der Waals surface area (Å²) < 4.78 is 45.3. The molecule has 366 valence electrons. The molecule has 0 bridgehead atoms. The summed E-state index contributed by atoms with van der Waals surface area (Å²) in [4.78, 5) is 82.4. The van der Waals surface area contributed by atoms with Crippen LogP contribution in [0.3, 0.4) is 0 Å². The summed E-state index contributed by atoms with van der Waals surface area (Å²) in [5.74, 6) is -8.07. The van der Waals surface area contributed by atoms with Gasteiger partial charge >= 0.3 is 35.8 Å².